The molecule has 0 saturated carbocycles. The molecule has 0 saturated heterocycles. The van der Waals surface area contributed by atoms with Gasteiger partial charge in [0.1, 0.15) is 29.1 Å². The molecular weight excluding hydrogens is 428 g/mol. The number of fused-ring (bicyclic) bond motifs is 3. The Morgan fingerprint density at radius 1 is 0.909 bits per heavy atom. The molecule has 33 heavy (non-hydrogen) atoms. The molecule has 2 heterocycles. The Morgan fingerprint density at radius 3 is 2.33 bits per heavy atom. The molecule has 2 aliphatic heterocycles. The van der Waals surface area contributed by atoms with E-state index < -0.39 is 24.1 Å². The quantitative estimate of drug-likeness (QED) is 0.272. The molecule has 0 bridgehead atoms. The standard InChI is InChI=1S/C25H22O8/c1-31-14-5-2-12(3-6-14)15-10-22(30)32-21-11-18(27)16-9-20(29)24(33-25(16)23(15)21)13-4-7-17(26)19(28)8-13/h2-8,11,15,20,24,26-29H,9-10H2,1H3/t15?,20-,24+/m0/s1. The molecule has 2 aliphatic rings. The van der Waals surface area contributed by atoms with E-state index in [-0.39, 0.29) is 35.8 Å². The van der Waals surface area contributed by atoms with Gasteiger partial charge in [0.2, 0.25) is 0 Å². The fourth-order valence-electron chi connectivity index (χ4n) is 4.51. The summed E-state index contributed by atoms with van der Waals surface area (Å²) in [5.74, 6) is -0.380. The lowest BCUT2D eigenvalue weighted by atomic mass is 9.82. The molecule has 0 aliphatic carbocycles. The largest absolute Gasteiger partial charge is 0.507 e. The smallest absolute Gasteiger partial charge is 0.312 e. The van der Waals surface area contributed by atoms with Crippen molar-refractivity contribution >= 4 is 5.97 Å². The Hall–Kier alpha value is -3.91. The van der Waals surface area contributed by atoms with Crippen LogP contribution in [0.2, 0.25) is 0 Å². The maximum absolute atomic E-state index is 12.4. The summed E-state index contributed by atoms with van der Waals surface area (Å²) in [6.45, 7) is 0. The summed E-state index contributed by atoms with van der Waals surface area (Å²) in [4.78, 5) is 12.4. The van der Waals surface area contributed by atoms with Gasteiger partial charge in [-0.15, -0.1) is 0 Å². The maximum Gasteiger partial charge on any atom is 0.312 e. The van der Waals surface area contributed by atoms with E-state index in [1.165, 1.54) is 18.2 Å². The van der Waals surface area contributed by atoms with Crippen molar-refractivity contribution in [3.8, 4) is 34.5 Å². The molecule has 1 unspecified atom stereocenters. The minimum atomic E-state index is -1.02. The van der Waals surface area contributed by atoms with Crippen LogP contribution in [0.5, 0.6) is 34.5 Å². The van der Waals surface area contributed by atoms with E-state index in [0.29, 0.717) is 28.2 Å². The molecule has 0 radical (unpaired) electrons. The molecular formula is C25H22O8. The lowest BCUT2D eigenvalue weighted by molar-refractivity contribution is -0.135. The van der Waals surface area contributed by atoms with Crippen LogP contribution in [0.4, 0.5) is 0 Å². The van der Waals surface area contributed by atoms with E-state index in [1.54, 1.807) is 25.3 Å². The van der Waals surface area contributed by atoms with Crippen molar-refractivity contribution in [2.24, 2.45) is 0 Å². The van der Waals surface area contributed by atoms with Gasteiger partial charge in [-0.3, -0.25) is 4.79 Å². The van der Waals surface area contributed by atoms with Gasteiger partial charge < -0.3 is 34.6 Å². The molecule has 0 fully saturated rings. The summed E-state index contributed by atoms with van der Waals surface area (Å²) in [5, 5.41) is 40.9. The topological polar surface area (TPSA) is 126 Å². The molecule has 0 aromatic heterocycles. The van der Waals surface area contributed by atoms with Crippen LogP contribution >= 0.6 is 0 Å². The predicted molar refractivity (Wildman–Crippen MR) is 116 cm³/mol. The molecule has 5 rings (SSSR count). The molecule has 8 nitrogen and oxygen atoms in total. The lowest BCUT2D eigenvalue weighted by Crippen LogP contribution is -2.32. The third kappa shape index (κ3) is 3.58. The van der Waals surface area contributed by atoms with Crippen LogP contribution in [-0.2, 0) is 11.2 Å². The number of carbonyl (C=O) groups excluding carboxylic acids is 1. The number of ether oxygens (including phenoxy) is 3. The van der Waals surface area contributed by atoms with Crippen LogP contribution in [0.1, 0.15) is 40.7 Å². The van der Waals surface area contributed by atoms with E-state index in [2.05, 4.69) is 0 Å². The van der Waals surface area contributed by atoms with Crippen LogP contribution in [0.3, 0.4) is 0 Å². The number of aromatic hydroxyl groups is 3. The second-order valence-electron chi connectivity index (χ2n) is 8.18. The Balaban J connectivity index is 1.63. The van der Waals surface area contributed by atoms with Crippen molar-refractivity contribution in [2.45, 2.75) is 31.0 Å². The highest BCUT2D eigenvalue weighted by atomic mass is 16.5. The van der Waals surface area contributed by atoms with Gasteiger partial charge in [0.15, 0.2) is 11.5 Å². The molecule has 3 aromatic carbocycles. The minimum absolute atomic E-state index is 0.0765. The maximum atomic E-state index is 12.4. The number of carbonyl (C=O) groups is 1. The lowest BCUT2D eigenvalue weighted by Gasteiger charge is -2.36. The van der Waals surface area contributed by atoms with Crippen molar-refractivity contribution in [3.05, 3.63) is 70.8 Å². The average Bonchev–Trinajstić information content (AvgIpc) is 2.80. The van der Waals surface area contributed by atoms with Crippen LogP contribution in [0, 0.1) is 0 Å². The average molecular weight is 450 g/mol. The summed E-state index contributed by atoms with van der Waals surface area (Å²) in [6.07, 6.45) is -1.73. The van der Waals surface area contributed by atoms with Gasteiger partial charge in [-0.25, -0.2) is 0 Å². The Morgan fingerprint density at radius 2 is 1.64 bits per heavy atom. The van der Waals surface area contributed by atoms with E-state index in [4.69, 9.17) is 14.2 Å². The van der Waals surface area contributed by atoms with Gasteiger partial charge in [-0.1, -0.05) is 18.2 Å². The zero-order valence-corrected chi connectivity index (χ0v) is 17.7. The number of methoxy groups -OCH3 is 1. The molecule has 4 N–H and O–H groups in total. The Labute approximate surface area is 189 Å². The van der Waals surface area contributed by atoms with Crippen molar-refractivity contribution in [2.75, 3.05) is 7.11 Å². The van der Waals surface area contributed by atoms with Crippen molar-refractivity contribution in [1.29, 1.82) is 0 Å². The number of hydrogen-bond acceptors (Lipinski definition) is 8. The zero-order valence-electron chi connectivity index (χ0n) is 17.7. The first-order valence-electron chi connectivity index (χ1n) is 10.5. The van der Waals surface area contributed by atoms with Crippen LogP contribution in [0.15, 0.2) is 48.5 Å². The number of esters is 1. The summed E-state index contributed by atoms with van der Waals surface area (Å²) in [6, 6.07) is 12.9. The third-order valence-electron chi connectivity index (χ3n) is 6.16. The number of rotatable bonds is 3. The highest BCUT2D eigenvalue weighted by Gasteiger charge is 2.40. The molecule has 0 spiro atoms. The summed E-state index contributed by atoms with van der Waals surface area (Å²) in [7, 11) is 1.57. The van der Waals surface area contributed by atoms with Gasteiger partial charge >= 0.3 is 5.97 Å². The number of benzene rings is 3. The van der Waals surface area contributed by atoms with Crippen LogP contribution in [-0.4, -0.2) is 39.6 Å². The summed E-state index contributed by atoms with van der Waals surface area (Å²) >= 11 is 0. The highest BCUT2D eigenvalue weighted by Crippen LogP contribution is 2.52. The van der Waals surface area contributed by atoms with E-state index in [9.17, 15) is 25.2 Å². The minimum Gasteiger partial charge on any atom is -0.507 e. The first kappa shape index (κ1) is 21.0. The van der Waals surface area contributed by atoms with E-state index in [0.717, 1.165) is 5.56 Å². The van der Waals surface area contributed by atoms with Gasteiger partial charge in [0, 0.05) is 29.5 Å². The van der Waals surface area contributed by atoms with Crippen LogP contribution in [0.25, 0.3) is 0 Å². The molecule has 0 amide bonds. The van der Waals surface area contributed by atoms with Gasteiger partial charge in [0.05, 0.1) is 19.6 Å². The Kier molecular flexibility index (Phi) is 5.02. The SMILES string of the molecule is COc1ccc(C2CC(=O)Oc3cc(O)c4c(c32)O[C@H](c2ccc(O)c(O)c2)[C@@H](O)C4)cc1. The summed E-state index contributed by atoms with van der Waals surface area (Å²) < 4.78 is 16.9. The fourth-order valence-corrected chi connectivity index (χ4v) is 4.51. The second kappa shape index (κ2) is 7.90. The van der Waals surface area contributed by atoms with Crippen molar-refractivity contribution in [1.82, 2.24) is 0 Å². The number of phenols is 3. The van der Waals surface area contributed by atoms with Crippen molar-refractivity contribution < 1.29 is 39.4 Å². The molecule has 170 valence electrons. The van der Waals surface area contributed by atoms with Gasteiger partial charge in [-0.2, -0.15) is 0 Å². The predicted octanol–water partition coefficient (Wildman–Crippen LogP) is 3.29. The first-order valence-corrected chi connectivity index (χ1v) is 10.5. The monoisotopic (exact) mass is 450 g/mol. The van der Waals surface area contributed by atoms with Gasteiger partial charge in [0.25, 0.3) is 0 Å². The number of aliphatic hydroxyl groups is 1. The number of phenolic OH excluding ortho intramolecular Hbond substituents is 3. The summed E-state index contributed by atoms with van der Waals surface area (Å²) in [5.41, 5.74) is 2.31. The normalized spacial score (nSPS) is 21.4. The van der Waals surface area contributed by atoms with Gasteiger partial charge in [-0.05, 0) is 35.4 Å². The number of hydrogen-bond donors (Lipinski definition) is 4. The zero-order chi connectivity index (χ0) is 23.3. The third-order valence-corrected chi connectivity index (χ3v) is 6.16. The number of aliphatic hydroxyl groups excluding tert-OH is 1. The van der Waals surface area contributed by atoms with E-state index in [1.807, 2.05) is 12.1 Å². The first-order chi connectivity index (χ1) is 15.9. The Bertz CT molecular complexity index is 1230. The van der Waals surface area contributed by atoms with Crippen LogP contribution < -0.4 is 14.2 Å². The molecule has 3 atom stereocenters. The molecule has 8 heteroatoms. The fraction of sp³-hybridized carbons (Fsp3) is 0.240. The highest BCUT2D eigenvalue weighted by molar-refractivity contribution is 5.80. The van der Waals surface area contributed by atoms with E-state index >= 15 is 0 Å². The second-order valence-corrected chi connectivity index (χ2v) is 8.18. The molecule has 3 aromatic rings. The van der Waals surface area contributed by atoms with Crippen molar-refractivity contribution in [3.63, 3.8) is 0 Å².